The van der Waals surface area contributed by atoms with E-state index in [1.807, 2.05) is 26.0 Å². The van der Waals surface area contributed by atoms with Crippen molar-refractivity contribution in [2.45, 2.75) is 44.6 Å². The molecular weight excluding hydrogens is 512 g/mol. The van der Waals surface area contributed by atoms with Crippen molar-refractivity contribution in [1.29, 1.82) is 0 Å². The molecule has 198 valence electrons. The van der Waals surface area contributed by atoms with Gasteiger partial charge in [-0.3, -0.25) is 9.10 Å². The number of rotatable bonds is 10. The molecule has 0 bridgehead atoms. The van der Waals surface area contributed by atoms with Crippen molar-refractivity contribution < 1.29 is 22.7 Å². The number of amides is 1. The summed E-state index contributed by atoms with van der Waals surface area (Å²) in [5, 5.41) is 3.32. The van der Waals surface area contributed by atoms with Crippen LogP contribution in [0.5, 0.6) is 11.5 Å². The van der Waals surface area contributed by atoms with Crippen LogP contribution in [0, 0.1) is 6.92 Å². The minimum Gasteiger partial charge on any atom is -0.497 e. The highest BCUT2D eigenvalue weighted by molar-refractivity contribution is 7.92. The third-order valence-corrected chi connectivity index (χ3v) is 8.14. The third-order valence-electron chi connectivity index (χ3n) is 6.12. The van der Waals surface area contributed by atoms with E-state index in [-0.39, 0.29) is 22.5 Å². The lowest BCUT2D eigenvalue weighted by molar-refractivity contribution is -0.120. The Morgan fingerprint density at radius 2 is 1.65 bits per heavy atom. The molecule has 0 aliphatic rings. The molecule has 0 saturated carbocycles. The highest BCUT2D eigenvalue weighted by atomic mass is 35.5. The van der Waals surface area contributed by atoms with Gasteiger partial charge in [0.2, 0.25) is 5.91 Å². The second-order valence-corrected chi connectivity index (χ2v) is 11.4. The number of carbonyl (C=O) groups is 1. The summed E-state index contributed by atoms with van der Waals surface area (Å²) < 4.78 is 39.0. The first-order valence-electron chi connectivity index (χ1n) is 11.9. The Labute approximate surface area is 224 Å². The van der Waals surface area contributed by atoms with Crippen molar-refractivity contribution in [2.24, 2.45) is 0 Å². The summed E-state index contributed by atoms with van der Waals surface area (Å²) in [6, 6.07) is 16.0. The molecule has 0 spiro atoms. The van der Waals surface area contributed by atoms with E-state index in [4.69, 9.17) is 21.1 Å². The molecule has 0 radical (unpaired) electrons. The number of benzene rings is 3. The summed E-state index contributed by atoms with van der Waals surface area (Å²) >= 11 is 6.16. The maximum atomic E-state index is 13.6. The monoisotopic (exact) mass is 544 g/mol. The molecule has 0 aliphatic heterocycles. The van der Waals surface area contributed by atoms with Crippen LogP contribution in [0.1, 0.15) is 49.4 Å². The Hall–Kier alpha value is -3.23. The van der Waals surface area contributed by atoms with Crippen molar-refractivity contribution >= 4 is 33.2 Å². The maximum Gasteiger partial charge on any atom is 0.264 e. The van der Waals surface area contributed by atoms with Gasteiger partial charge in [0.1, 0.15) is 18.0 Å². The molecule has 0 aromatic heterocycles. The average Bonchev–Trinajstić information content (AvgIpc) is 2.86. The van der Waals surface area contributed by atoms with E-state index < -0.39 is 22.5 Å². The normalized spacial score (nSPS) is 12.2. The highest BCUT2D eigenvalue weighted by Gasteiger charge is 2.28. The molecule has 3 rings (SSSR count). The molecule has 0 unspecified atom stereocenters. The Morgan fingerprint density at radius 3 is 2.22 bits per heavy atom. The van der Waals surface area contributed by atoms with Crippen LogP contribution >= 0.6 is 11.6 Å². The number of nitrogens with zero attached hydrogens (tertiary/aromatic N) is 1. The fourth-order valence-electron chi connectivity index (χ4n) is 4.13. The summed E-state index contributed by atoms with van der Waals surface area (Å²) in [5.41, 5.74) is 3.22. The van der Waals surface area contributed by atoms with Gasteiger partial charge in [-0.2, -0.15) is 0 Å². The summed E-state index contributed by atoms with van der Waals surface area (Å²) in [7, 11) is -0.945. The topological polar surface area (TPSA) is 84.9 Å². The SMILES string of the molecule is COc1ccc(S(=O)(=O)N(CC(=O)N[C@H](C)c2cc(C(C)C)c(OC)cc2C)c2cccc(Cl)c2)cc1. The standard InChI is InChI=1S/C28H33ClN2O5S/c1-18(2)25-16-26(19(3)14-27(25)36-6)20(4)30-28(32)17-31(22-9-7-8-21(29)15-22)37(33,34)24-12-10-23(35-5)11-13-24/h7-16,18,20H,17H2,1-6H3,(H,30,32)/t20-/m1/s1. The molecule has 3 aromatic rings. The molecule has 3 aromatic carbocycles. The van der Waals surface area contributed by atoms with E-state index in [1.165, 1.54) is 25.3 Å². The van der Waals surface area contributed by atoms with Crippen molar-refractivity contribution in [1.82, 2.24) is 5.32 Å². The fourth-order valence-corrected chi connectivity index (χ4v) is 5.72. The Morgan fingerprint density at radius 1 is 0.973 bits per heavy atom. The van der Waals surface area contributed by atoms with E-state index in [1.54, 1.807) is 37.4 Å². The minimum absolute atomic E-state index is 0.0294. The number of aryl methyl sites for hydroxylation is 1. The van der Waals surface area contributed by atoms with Gasteiger partial charge in [0, 0.05) is 5.02 Å². The number of nitrogens with one attached hydrogen (secondary N) is 1. The Bertz CT molecular complexity index is 1360. The van der Waals surface area contributed by atoms with Crippen LogP contribution in [0.25, 0.3) is 0 Å². The molecule has 9 heteroatoms. The molecule has 0 aliphatic carbocycles. The fraction of sp³-hybridized carbons (Fsp3) is 0.321. The van der Waals surface area contributed by atoms with Crippen LogP contribution in [-0.4, -0.2) is 35.1 Å². The van der Waals surface area contributed by atoms with Gasteiger partial charge in [0.25, 0.3) is 10.0 Å². The molecule has 37 heavy (non-hydrogen) atoms. The van der Waals surface area contributed by atoms with Crippen LogP contribution in [0.4, 0.5) is 5.69 Å². The predicted octanol–water partition coefficient (Wildman–Crippen LogP) is 5.86. The Balaban J connectivity index is 1.92. The van der Waals surface area contributed by atoms with Gasteiger partial charge < -0.3 is 14.8 Å². The van der Waals surface area contributed by atoms with Gasteiger partial charge in [0.05, 0.1) is 30.8 Å². The second kappa shape index (κ2) is 11.9. The zero-order valence-electron chi connectivity index (χ0n) is 21.9. The van der Waals surface area contributed by atoms with Gasteiger partial charge >= 0.3 is 0 Å². The first-order chi connectivity index (χ1) is 17.5. The molecule has 0 fully saturated rings. The lowest BCUT2D eigenvalue weighted by Gasteiger charge is -2.26. The van der Waals surface area contributed by atoms with E-state index >= 15 is 0 Å². The quantitative estimate of drug-likeness (QED) is 0.345. The number of anilines is 1. The number of sulfonamides is 1. The van der Waals surface area contributed by atoms with Crippen LogP contribution in [-0.2, 0) is 14.8 Å². The minimum atomic E-state index is -4.08. The highest BCUT2D eigenvalue weighted by Crippen LogP contribution is 2.32. The van der Waals surface area contributed by atoms with Crippen LogP contribution in [0.3, 0.4) is 0 Å². The van der Waals surface area contributed by atoms with E-state index in [0.717, 1.165) is 26.7 Å². The van der Waals surface area contributed by atoms with Gasteiger partial charge in [0.15, 0.2) is 0 Å². The largest absolute Gasteiger partial charge is 0.497 e. The van der Waals surface area contributed by atoms with E-state index in [2.05, 4.69) is 19.2 Å². The van der Waals surface area contributed by atoms with E-state index in [0.29, 0.717) is 10.8 Å². The molecular formula is C28H33ClN2O5S. The lowest BCUT2D eigenvalue weighted by Crippen LogP contribution is -2.41. The molecule has 1 atom stereocenters. The van der Waals surface area contributed by atoms with Gasteiger partial charge in [-0.25, -0.2) is 8.42 Å². The van der Waals surface area contributed by atoms with Crippen LogP contribution in [0.15, 0.2) is 65.6 Å². The van der Waals surface area contributed by atoms with Crippen LogP contribution in [0.2, 0.25) is 5.02 Å². The summed E-state index contributed by atoms with van der Waals surface area (Å²) in [6.45, 7) is 7.56. The van der Waals surface area contributed by atoms with Gasteiger partial charge in [-0.05, 0) is 91.1 Å². The maximum absolute atomic E-state index is 13.6. The van der Waals surface area contributed by atoms with Crippen molar-refractivity contribution in [3.05, 3.63) is 82.4 Å². The first-order valence-corrected chi connectivity index (χ1v) is 13.7. The molecule has 1 amide bonds. The van der Waals surface area contributed by atoms with Crippen LogP contribution < -0.4 is 19.1 Å². The summed E-state index contributed by atoms with van der Waals surface area (Å²) in [6.07, 6.45) is 0. The van der Waals surface area contributed by atoms with Gasteiger partial charge in [-0.15, -0.1) is 0 Å². The predicted molar refractivity (Wildman–Crippen MR) is 147 cm³/mol. The molecule has 7 nitrogen and oxygen atoms in total. The number of hydrogen-bond acceptors (Lipinski definition) is 5. The third kappa shape index (κ3) is 6.56. The number of ether oxygens (including phenoxy) is 2. The van der Waals surface area contributed by atoms with Crippen molar-refractivity contribution in [3.8, 4) is 11.5 Å². The lowest BCUT2D eigenvalue weighted by atomic mass is 9.93. The summed E-state index contributed by atoms with van der Waals surface area (Å²) in [4.78, 5) is 13.3. The average molecular weight is 545 g/mol. The molecule has 0 heterocycles. The number of carbonyl (C=O) groups excluding carboxylic acids is 1. The van der Waals surface area contributed by atoms with Crippen molar-refractivity contribution in [3.63, 3.8) is 0 Å². The van der Waals surface area contributed by atoms with E-state index in [9.17, 15) is 13.2 Å². The second-order valence-electron chi connectivity index (χ2n) is 9.06. The number of halogens is 1. The number of hydrogen-bond donors (Lipinski definition) is 1. The zero-order chi connectivity index (χ0) is 27.3. The van der Waals surface area contributed by atoms with Gasteiger partial charge in [-0.1, -0.05) is 31.5 Å². The number of methoxy groups -OCH3 is 2. The summed E-state index contributed by atoms with van der Waals surface area (Å²) in [5.74, 6) is 1.10. The smallest absolute Gasteiger partial charge is 0.264 e. The molecule has 0 saturated heterocycles. The zero-order valence-corrected chi connectivity index (χ0v) is 23.5. The van der Waals surface area contributed by atoms with Crippen molar-refractivity contribution in [2.75, 3.05) is 25.1 Å². The first kappa shape index (κ1) is 28.3. The Kier molecular flexibility index (Phi) is 9.10. The molecule has 1 N–H and O–H groups in total.